The van der Waals surface area contributed by atoms with Gasteiger partial charge in [0, 0.05) is 10.6 Å². The number of fused-ring (bicyclic) bond motifs is 1. The van der Waals surface area contributed by atoms with Crippen LogP contribution in [0.5, 0.6) is 5.75 Å². The Labute approximate surface area is 102 Å². The summed E-state index contributed by atoms with van der Waals surface area (Å²) in [4.78, 5) is 0. The van der Waals surface area contributed by atoms with Crippen molar-refractivity contribution in [1.29, 1.82) is 0 Å². The number of hydrogen-bond acceptors (Lipinski definition) is 1. The lowest BCUT2D eigenvalue weighted by atomic mass is 10.0. The van der Waals surface area contributed by atoms with E-state index in [0.29, 0.717) is 17.0 Å². The quantitative estimate of drug-likeness (QED) is 0.736. The van der Waals surface area contributed by atoms with Gasteiger partial charge in [0.25, 0.3) is 0 Å². The molecule has 1 nitrogen and oxygen atoms in total. The second kappa shape index (κ2) is 4.26. The molecule has 1 aliphatic rings. The van der Waals surface area contributed by atoms with E-state index in [4.69, 9.17) is 16.3 Å². The standard InChI is InChI=1S/C12H10ClF3O/c1-2-7-6-10-8(5-9(7)13)3-4-11(17-10)12(14,15)16/h3-6,11H,2H2,1H3. The Morgan fingerprint density at radius 1 is 1.35 bits per heavy atom. The van der Waals surface area contributed by atoms with Crippen LogP contribution < -0.4 is 4.74 Å². The van der Waals surface area contributed by atoms with Crippen molar-refractivity contribution in [3.63, 3.8) is 0 Å². The van der Waals surface area contributed by atoms with Crippen LogP contribution in [-0.2, 0) is 6.42 Å². The Balaban J connectivity index is 2.38. The fourth-order valence-corrected chi connectivity index (χ4v) is 1.96. The van der Waals surface area contributed by atoms with E-state index in [9.17, 15) is 13.2 Å². The van der Waals surface area contributed by atoms with E-state index < -0.39 is 12.3 Å². The first-order chi connectivity index (χ1) is 7.91. The third-order valence-corrected chi connectivity index (χ3v) is 2.94. The van der Waals surface area contributed by atoms with Crippen LogP contribution in [0.3, 0.4) is 0 Å². The molecule has 0 saturated heterocycles. The normalized spacial score (nSPS) is 18.8. The minimum atomic E-state index is -4.39. The van der Waals surface area contributed by atoms with E-state index >= 15 is 0 Å². The van der Waals surface area contributed by atoms with E-state index in [1.54, 1.807) is 12.1 Å². The van der Waals surface area contributed by atoms with Crippen LogP contribution in [0, 0.1) is 0 Å². The Kier molecular flexibility index (Phi) is 3.08. The minimum Gasteiger partial charge on any atom is -0.476 e. The summed E-state index contributed by atoms with van der Waals surface area (Å²) in [6, 6.07) is 3.19. The monoisotopic (exact) mass is 262 g/mol. The third-order valence-electron chi connectivity index (χ3n) is 2.59. The van der Waals surface area contributed by atoms with Crippen LogP contribution in [0.4, 0.5) is 13.2 Å². The highest BCUT2D eigenvalue weighted by Gasteiger charge is 2.41. The second-order valence-electron chi connectivity index (χ2n) is 3.77. The molecule has 5 heteroatoms. The van der Waals surface area contributed by atoms with Crippen LogP contribution in [-0.4, -0.2) is 12.3 Å². The molecule has 0 bridgehead atoms. The summed E-state index contributed by atoms with van der Waals surface area (Å²) in [5.74, 6) is 0.232. The van der Waals surface area contributed by atoms with Gasteiger partial charge >= 0.3 is 6.18 Å². The molecule has 1 heterocycles. The third kappa shape index (κ3) is 2.41. The molecule has 1 atom stereocenters. The summed E-state index contributed by atoms with van der Waals surface area (Å²) >= 11 is 5.98. The predicted molar refractivity (Wildman–Crippen MR) is 60.3 cm³/mol. The Morgan fingerprint density at radius 2 is 2.06 bits per heavy atom. The van der Waals surface area contributed by atoms with Crippen molar-refractivity contribution in [2.24, 2.45) is 0 Å². The summed E-state index contributed by atoms with van der Waals surface area (Å²) in [6.45, 7) is 1.88. The molecule has 1 aromatic carbocycles. The number of rotatable bonds is 1. The maximum absolute atomic E-state index is 12.5. The Hall–Kier alpha value is -1.16. The van der Waals surface area contributed by atoms with Gasteiger partial charge in [-0.05, 0) is 30.2 Å². The highest BCUT2D eigenvalue weighted by atomic mass is 35.5. The number of aryl methyl sites for hydroxylation is 1. The zero-order valence-electron chi connectivity index (χ0n) is 9.01. The summed E-state index contributed by atoms with van der Waals surface area (Å²) < 4.78 is 42.4. The van der Waals surface area contributed by atoms with Gasteiger partial charge in [-0.1, -0.05) is 24.6 Å². The summed E-state index contributed by atoms with van der Waals surface area (Å²) in [6.07, 6.45) is -3.23. The highest BCUT2D eigenvalue weighted by Crippen LogP contribution is 2.36. The van der Waals surface area contributed by atoms with Crippen molar-refractivity contribution in [1.82, 2.24) is 0 Å². The molecule has 0 aromatic heterocycles. The highest BCUT2D eigenvalue weighted by molar-refractivity contribution is 6.31. The molecule has 0 spiro atoms. The average molecular weight is 263 g/mol. The van der Waals surface area contributed by atoms with Gasteiger partial charge in [-0.2, -0.15) is 13.2 Å². The zero-order chi connectivity index (χ0) is 12.6. The van der Waals surface area contributed by atoms with Gasteiger partial charge in [-0.25, -0.2) is 0 Å². The zero-order valence-corrected chi connectivity index (χ0v) is 9.77. The fraction of sp³-hybridized carbons (Fsp3) is 0.333. The van der Waals surface area contributed by atoms with Crippen molar-refractivity contribution >= 4 is 17.7 Å². The number of benzene rings is 1. The van der Waals surface area contributed by atoms with Gasteiger partial charge in [-0.15, -0.1) is 0 Å². The molecular weight excluding hydrogens is 253 g/mol. The van der Waals surface area contributed by atoms with Crippen LogP contribution in [0.1, 0.15) is 18.1 Å². The van der Waals surface area contributed by atoms with E-state index in [0.717, 1.165) is 11.6 Å². The number of ether oxygens (including phenoxy) is 1. The molecule has 2 rings (SSSR count). The molecule has 0 radical (unpaired) electrons. The molecule has 0 aliphatic carbocycles. The number of hydrogen-bond donors (Lipinski definition) is 0. The molecule has 92 valence electrons. The van der Waals surface area contributed by atoms with E-state index in [2.05, 4.69) is 0 Å². The topological polar surface area (TPSA) is 9.23 Å². The molecule has 1 aliphatic heterocycles. The van der Waals surface area contributed by atoms with Gasteiger partial charge in [0.05, 0.1) is 0 Å². The molecule has 1 aromatic rings. The molecule has 1 unspecified atom stereocenters. The maximum atomic E-state index is 12.5. The largest absolute Gasteiger partial charge is 0.476 e. The smallest absolute Gasteiger partial charge is 0.429 e. The van der Waals surface area contributed by atoms with Crippen LogP contribution in [0.2, 0.25) is 5.02 Å². The molecule has 0 saturated carbocycles. The summed E-state index contributed by atoms with van der Waals surface area (Å²) in [7, 11) is 0. The first-order valence-electron chi connectivity index (χ1n) is 5.16. The number of halogens is 4. The first kappa shape index (κ1) is 12.3. The molecule has 0 fully saturated rings. The van der Waals surface area contributed by atoms with Gasteiger partial charge < -0.3 is 4.74 Å². The number of alkyl halides is 3. The lowest BCUT2D eigenvalue weighted by Crippen LogP contribution is -2.33. The van der Waals surface area contributed by atoms with E-state index in [1.165, 1.54) is 6.08 Å². The molecular formula is C12H10ClF3O. The second-order valence-corrected chi connectivity index (χ2v) is 4.18. The molecule has 0 N–H and O–H groups in total. The van der Waals surface area contributed by atoms with Gasteiger partial charge in [0.2, 0.25) is 6.10 Å². The van der Waals surface area contributed by atoms with E-state index in [-0.39, 0.29) is 5.75 Å². The van der Waals surface area contributed by atoms with Crippen molar-refractivity contribution < 1.29 is 17.9 Å². The van der Waals surface area contributed by atoms with Crippen molar-refractivity contribution in [2.75, 3.05) is 0 Å². The Bertz CT molecular complexity index is 466. The maximum Gasteiger partial charge on any atom is 0.429 e. The van der Waals surface area contributed by atoms with Crippen LogP contribution >= 0.6 is 11.6 Å². The van der Waals surface area contributed by atoms with Crippen molar-refractivity contribution in [3.05, 3.63) is 34.4 Å². The van der Waals surface area contributed by atoms with E-state index in [1.807, 2.05) is 6.92 Å². The SMILES string of the molecule is CCc1cc2c(cc1Cl)C=CC(C(F)(F)F)O2. The summed E-state index contributed by atoms with van der Waals surface area (Å²) in [5, 5.41) is 0.546. The summed E-state index contributed by atoms with van der Waals surface area (Å²) in [5.41, 5.74) is 1.36. The van der Waals surface area contributed by atoms with Crippen molar-refractivity contribution in [3.8, 4) is 5.75 Å². The minimum absolute atomic E-state index is 0.232. The Morgan fingerprint density at radius 3 is 2.65 bits per heavy atom. The van der Waals surface area contributed by atoms with Crippen LogP contribution in [0.15, 0.2) is 18.2 Å². The van der Waals surface area contributed by atoms with Crippen LogP contribution in [0.25, 0.3) is 6.08 Å². The first-order valence-corrected chi connectivity index (χ1v) is 5.53. The van der Waals surface area contributed by atoms with Gasteiger partial charge in [0.1, 0.15) is 5.75 Å². The van der Waals surface area contributed by atoms with Gasteiger partial charge in [0.15, 0.2) is 0 Å². The molecule has 0 amide bonds. The lowest BCUT2D eigenvalue weighted by molar-refractivity contribution is -0.180. The predicted octanol–water partition coefficient (Wildman–Crippen LogP) is 4.24. The fourth-order valence-electron chi connectivity index (χ4n) is 1.66. The van der Waals surface area contributed by atoms with Crippen molar-refractivity contribution in [2.45, 2.75) is 25.6 Å². The average Bonchev–Trinajstić information content (AvgIpc) is 2.26. The van der Waals surface area contributed by atoms with Gasteiger partial charge in [-0.3, -0.25) is 0 Å². The lowest BCUT2D eigenvalue weighted by Gasteiger charge is -2.24. The molecule has 17 heavy (non-hydrogen) atoms.